The fraction of sp³-hybridized carbons (Fsp3) is 0.412. The van der Waals surface area contributed by atoms with Crippen molar-refractivity contribution in [3.05, 3.63) is 41.7 Å². The molecule has 140 valence electrons. The first-order valence-corrected chi connectivity index (χ1v) is 9.97. The molecule has 1 aromatic heterocycles. The van der Waals surface area contributed by atoms with Gasteiger partial charge in [-0.25, -0.2) is 13.2 Å². The van der Waals surface area contributed by atoms with E-state index in [0.717, 1.165) is 19.3 Å². The van der Waals surface area contributed by atoms with Gasteiger partial charge in [0, 0.05) is 25.7 Å². The predicted octanol–water partition coefficient (Wildman–Crippen LogP) is 2.48. The second-order valence-electron chi connectivity index (χ2n) is 6.20. The quantitative estimate of drug-likeness (QED) is 0.832. The molecule has 1 aromatic carbocycles. The molecule has 1 aliphatic heterocycles. The average Bonchev–Trinajstić information content (AvgIpc) is 3.05. The third-order valence-corrected chi connectivity index (χ3v) is 6.21. The predicted molar refractivity (Wildman–Crippen MR) is 96.2 cm³/mol. The zero-order valence-electron chi connectivity index (χ0n) is 14.6. The van der Waals surface area contributed by atoms with Crippen LogP contribution in [0.25, 0.3) is 0 Å². The van der Waals surface area contributed by atoms with Crippen molar-refractivity contribution >= 4 is 21.9 Å². The first-order valence-electron chi connectivity index (χ1n) is 8.53. The Morgan fingerprint density at radius 3 is 2.65 bits per heavy atom. The van der Waals surface area contributed by atoms with E-state index in [4.69, 9.17) is 4.52 Å². The lowest BCUT2D eigenvalue weighted by molar-refractivity contribution is 0.251. The summed E-state index contributed by atoms with van der Waals surface area (Å²) in [6.07, 6.45) is 2.80. The molecule has 2 heterocycles. The maximum Gasteiger partial charge on any atom is 0.320 e. The van der Waals surface area contributed by atoms with Gasteiger partial charge in [0.05, 0.1) is 4.90 Å². The number of urea groups is 1. The van der Waals surface area contributed by atoms with Crippen LogP contribution in [0.5, 0.6) is 0 Å². The Kier molecular flexibility index (Phi) is 5.58. The molecule has 0 radical (unpaired) electrons. The monoisotopic (exact) mass is 378 g/mol. The lowest BCUT2D eigenvalue weighted by Crippen LogP contribution is -2.36. The molecule has 0 unspecified atom stereocenters. The van der Waals surface area contributed by atoms with E-state index in [1.807, 2.05) is 0 Å². The highest BCUT2D eigenvalue weighted by Crippen LogP contribution is 2.23. The van der Waals surface area contributed by atoms with Crippen LogP contribution in [0.1, 0.15) is 30.6 Å². The summed E-state index contributed by atoms with van der Waals surface area (Å²) < 4.78 is 32.2. The topological polar surface area (TPSA) is 105 Å². The molecule has 3 rings (SSSR count). The number of amides is 2. The van der Waals surface area contributed by atoms with Crippen molar-refractivity contribution < 1.29 is 17.7 Å². The number of anilines is 1. The number of rotatable bonds is 5. The summed E-state index contributed by atoms with van der Waals surface area (Å²) in [5.41, 5.74) is 0.546. The van der Waals surface area contributed by atoms with Crippen molar-refractivity contribution in [3.63, 3.8) is 0 Å². The van der Waals surface area contributed by atoms with Crippen LogP contribution in [-0.2, 0) is 16.6 Å². The number of piperidine rings is 1. The van der Waals surface area contributed by atoms with Gasteiger partial charge in [0.2, 0.25) is 10.0 Å². The van der Waals surface area contributed by atoms with E-state index in [-0.39, 0.29) is 11.4 Å². The fourth-order valence-electron chi connectivity index (χ4n) is 2.91. The van der Waals surface area contributed by atoms with Crippen LogP contribution in [0.3, 0.4) is 0 Å². The molecule has 8 nitrogen and oxygen atoms in total. The maximum atomic E-state index is 12.9. The minimum Gasteiger partial charge on any atom is -0.360 e. The minimum absolute atomic E-state index is 0.0892. The summed E-state index contributed by atoms with van der Waals surface area (Å²) in [6, 6.07) is 7.85. The first-order chi connectivity index (χ1) is 12.5. The number of hydrogen-bond acceptors (Lipinski definition) is 5. The van der Waals surface area contributed by atoms with Crippen molar-refractivity contribution in [1.82, 2.24) is 14.8 Å². The van der Waals surface area contributed by atoms with Gasteiger partial charge in [0.25, 0.3) is 0 Å². The van der Waals surface area contributed by atoms with Gasteiger partial charge in [-0.2, -0.15) is 4.31 Å². The van der Waals surface area contributed by atoms with E-state index in [2.05, 4.69) is 15.8 Å². The molecule has 2 amide bonds. The molecule has 1 fully saturated rings. The van der Waals surface area contributed by atoms with Crippen LogP contribution in [0.2, 0.25) is 0 Å². The second-order valence-corrected chi connectivity index (χ2v) is 8.11. The zero-order valence-corrected chi connectivity index (χ0v) is 15.4. The Labute approximate surface area is 152 Å². The molecule has 0 bridgehead atoms. The first kappa shape index (κ1) is 18.4. The molecule has 26 heavy (non-hydrogen) atoms. The van der Waals surface area contributed by atoms with Gasteiger partial charge in [-0.1, -0.05) is 29.8 Å². The van der Waals surface area contributed by atoms with Crippen LogP contribution >= 0.6 is 0 Å². The Hall–Kier alpha value is -2.39. The molecule has 0 atom stereocenters. The fourth-order valence-corrected chi connectivity index (χ4v) is 4.65. The van der Waals surface area contributed by atoms with E-state index in [1.165, 1.54) is 4.31 Å². The average molecular weight is 378 g/mol. The highest BCUT2D eigenvalue weighted by atomic mass is 32.2. The van der Waals surface area contributed by atoms with Crippen molar-refractivity contribution in [3.8, 4) is 0 Å². The largest absolute Gasteiger partial charge is 0.360 e. The molecular formula is C17H22N4O4S. The number of aryl methyl sites for hydroxylation is 1. The highest BCUT2D eigenvalue weighted by Gasteiger charge is 2.27. The standard InChI is InChI=1S/C17H22N4O4S/c1-13-11-16(20-25-13)19-17(22)18-12-14-7-3-4-8-15(14)26(23,24)21-9-5-2-6-10-21/h3-4,7-8,11H,2,5-6,9-10,12H2,1H3,(H2,18,19,20,22). The van der Waals surface area contributed by atoms with Gasteiger partial charge in [0.15, 0.2) is 5.82 Å². The summed E-state index contributed by atoms with van der Waals surface area (Å²) in [5.74, 6) is 0.882. The van der Waals surface area contributed by atoms with Crippen molar-refractivity contribution in [2.45, 2.75) is 37.6 Å². The Bertz CT molecular complexity index is 872. The van der Waals surface area contributed by atoms with E-state index in [1.54, 1.807) is 37.3 Å². The highest BCUT2D eigenvalue weighted by molar-refractivity contribution is 7.89. The van der Waals surface area contributed by atoms with Gasteiger partial charge in [0.1, 0.15) is 5.76 Å². The summed E-state index contributed by atoms with van der Waals surface area (Å²) in [7, 11) is -3.56. The number of nitrogens with zero attached hydrogens (tertiary/aromatic N) is 2. The summed E-state index contributed by atoms with van der Waals surface area (Å²) >= 11 is 0. The smallest absolute Gasteiger partial charge is 0.320 e. The maximum absolute atomic E-state index is 12.9. The van der Waals surface area contributed by atoms with Crippen molar-refractivity contribution in [2.24, 2.45) is 0 Å². The SMILES string of the molecule is Cc1cc(NC(=O)NCc2ccccc2S(=O)(=O)N2CCCCC2)no1. The van der Waals surface area contributed by atoms with Crippen LogP contribution in [0, 0.1) is 6.92 Å². The summed E-state index contributed by atoms with van der Waals surface area (Å²) in [4.78, 5) is 12.2. The van der Waals surface area contributed by atoms with Crippen LogP contribution < -0.4 is 10.6 Å². The molecular weight excluding hydrogens is 356 g/mol. The number of benzene rings is 1. The van der Waals surface area contributed by atoms with Crippen molar-refractivity contribution in [2.75, 3.05) is 18.4 Å². The van der Waals surface area contributed by atoms with Gasteiger partial charge in [-0.05, 0) is 31.4 Å². The minimum atomic E-state index is -3.56. The number of sulfonamides is 1. The molecule has 1 saturated heterocycles. The molecule has 9 heteroatoms. The lowest BCUT2D eigenvalue weighted by Gasteiger charge is -2.26. The molecule has 0 aliphatic carbocycles. The van der Waals surface area contributed by atoms with E-state index >= 15 is 0 Å². The van der Waals surface area contributed by atoms with E-state index in [9.17, 15) is 13.2 Å². The Balaban J connectivity index is 1.69. The Morgan fingerprint density at radius 1 is 1.23 bits per heavy atom. The van der Waals surface area contributed by atoms with Gasteiger partial charge in [-0.15, -0.1) is 0 Å². The third kappa shape index (κ3) is 4.23. The van der Waals surface area contributed by atoms with Crippen LogP contribution in [0.15, 0.2) is 39.8 Å². The summed E-state index contributed by atoms with van der Waals surface area (Å²) in [6.45, 7) is 2.88. The van der Waals surface area contributed by atoms with Crippen LogP contribution in [0.4, 0.5) is 10.6 Å². The second kappa shape index (κ2) is 7.88. The summed E-state index contributed by atoms with van der Waals surface area (Å²) in [5, 5.41) is 8.88. The molecule has 2 N–H and O–H groups in total. The third-order valence-electron chi connectivity index (χ3n) is 4.21. The Morgan fingerprint density at radius 2 is 1.96 bits per heavy atom. The molecule has 1 aliphatic rings. The molecule has 2 aromatic rings. The van der Waals surface area contributed by atoms with E-state index < -0.39 is 16.1 Å². The number of hydrogen-bond donors (Lipinski definition) is 2. The van der Waals surface area contributed by atoms with E-state index in [0.29, 0.717) is 30.2 Å². The lowest BCUT2D eigenvalue weighted by atomic mass is 10.2. The molecule has 0 saturated carbocycles. The van der Waals surface area contributed by atoms with Gasteiger partial charge in [-0.3, -0.25) is 5.32 Å². The number of aromatic nitrogens is 1. The molecule has 0 spiro atoms. The number of nitrogens with one attached hydrogen (secondary N) is 2. The van der Waals surface area contributed by atoms with Crippen LogP contribution in [-0.4, -0.2) is 37.0 Å². The number of carbonyl (C=O) groups is 1. The van der Waals surface area contributed by atoms with Gasteiger partial charge >= 0.3 is 6.03 Å². The van der Waals surface area contributed by atoms with Crippen molar-refractivity contribution in [1.29, 1.82) is 0 Å². The normalized spacial score (nSPS) is 15.6. The number of carbonyl (C=O) groups excluding carboxylic acids is 1. The zero-order chi connectivity index (χ0) is 18.6. The van der Waals surface area contributed by atoms with Gasteiger partial charge < -0.3 is 9.84 Å².